The maximum Gasteiger partial charge on any atom is 0.226 e. The number of likely N-dealkylation sites (tertiary alicyclic amines) is 1. The fourth-order valence-corrected chi connectivity index (χ4v) is 8.54. The summed E-state index contributed by atoms with van der Waals surface area (Å²) in [7, 11) is -2.94. The van der Waals surface area contributed by atoms with Gasteiger partial charge in [-0.3, -0.25) is 9.79 Å². The first-order chi connectivity index (χ1) is 15.9. The van der Waals surface area contributed by atoms with E-state index in [0.717, 1.165) is 48.8 Å². The topological polar surface area (TPSA) is 78.8 Å². The van der Waals surface area contributed by atoms with Crippen molar-refractivity contribution in [2.75, 3.05) is 29.9 Å². The molecule has 1 amide bonds. The van der Waals surface area contributed by atoms with Gasteiger partial charge in [-0.05, 0) is 48.4 Å². The summed E-state index contributed by atoms with van der Waals surface area (Å²) in [6, 6.07) is 18.4. The van der Waals surface area contributed by atoms with Crippen molar-refractivity contribution in [3.05, 3.63) is 65.7 Å². The van der Waals surface area contributed by atoms with E-state index in [9.17, 15) is 13.2 Å². The lowest BCUT2D eigenvalue weighted by molar-refractivity contribution is -0.131. The molecule has 2 fully saturated rings. The molecular formula is C25H29N3O3S2. The van der Waals surface area contributed by atoms with Crippen molar-refractivity contribution in [1.29, 1.82) is 0 Å². The molecule has 5 rings (SSSR count). The summed E-state index contributed by atoms with van der Waals surface area (Å²) < 4.78 is 23.4. The third-order valence-electron chi connectivity index (χ3n) is 6.71. The van der Waals surface area contributed by atoms with E-state index >= 15 is 0 Å². The third-order valence-corrected chi connectivity index (χ3v) is 9.85. The molecule has 6 nitrogen and oxygen atoms in total. The number of carbonyl (C=O) groups is 1. The second-order valence-corrected chi connectivity index (χ2v) is 12.6. The van der Waals surface area contributed by atoms with Crippen molar-refractivity contribution in [3.63, 3.8) is 0 Å². The van der Waals surface area contributed by atoms with Gasteiger partial charge in [0.1, 0.15) is 0 Å². The van der Waals surface area contributed by atoms with Gasteiger partial charge in [-0.15, -0.1) is 0 Å². The van der Waals surface area contributed by atoms with E-state index in [0.29, 0.717) is 12.3 Å². The molecule has 0 aromatic heterocycles. The van der Waals surface area contributed by atoms with Crippen molar-refractivity contribution in [2.45, 2.75) is 37.0 Å². The number of piperidine rings is 1. The largest absolute Gasteiger partial charge is 0.342 e. The van der Waals surface area contributed by atoms with Gasteiger partial charge >= 0.3 is 0 Å². The zero-order chi connectivity index (χ0) is 22.8. The number of amidine groups is 1. The number of thioether (sulfide) groups is 1. The number of anilines is 1. The first kappa shape index (κ1) is 22.5. The van der Waals surface area contributed by atoms with E-state index in [1.165, 1.54) is 17.3 Å². The molecule has 0 bridgehead atoms. The van der Waals surface area contributed by atoms with Gasteiger partial charge in [0.05, 0.1) is 24.0 Å². The summed E-state index contributed by atoms with van der Waals surface area (Å²) >= 11 is 1.51. The van der Waals surface area contributed by atoms with Crippen LogP contribution in [0.1, 0.15) is 24.0 Å². The van der Waals surface area contributed by atoms with Crippen LogP contribution >= 0.6 is 11.8 Å². The summed E-state index contributed by atoms with van der Waals surface area (Å²) in [5, 5.41) is 4.10. The number of nitrogens with one attached hydrogen (secondary N) is 1. The summed E-state index contributed by atoms with van der Waals surface area (Å²) in [6.45, 7) is 1.68. The molecular weight excluding hydrogens is 454 g/mol. The van der Waals surface area contributed by atoms with Gasteiger partial charge in [0.2, 0.25) is 5.91 Å². The van der Waals surface area contributed by atoms with Crippen molar-refractivity contribution >= 4 is 38.4 Å². The van der Waals surface area contributed by atoms with Gasteiger partial charge < -0.3 is 10.2 Å². The fourth-order valence-electron chi connectivity index (χ4n) is 4.87. The number of hydrogen-bond donors (Lipinski definition) is 1. The van der Waals surface area contributed by atoms with Crippen LogP contribution in [0.5, 0.6) is 0 Å². The molecule has 2 atom stereocenters. The van der Waals surface area contributed by atoms with Gasteiger partial charge in [0.15, 0.2) is 15.0 Å². The van der Waals surface area contributed by atoms with Crippen molar-refractivity contribution in [1.82, 2.24) is 4.90 Å². The van der Waals surface area contributed by atoms with E-state index in [-0.39, 0.29) is 28.7 Å². The molecule has 0 saturated carbocycles. The van der Waals surface area contributed by atoms with Gasteiger partial charge in [-0.1, -0.05) is 54.2 Å². The van der Waals surface area contributed by atoms with Gasteiger partial charge in [0.25, 0.3) is 0 Å². The molecule has 2 unspecified atom stereocenters. The number of nitrogens with zero attached hydrogens (tertiary/aromatic N) is 2. The predicted molar refractivity (Wildman–Crippen MR) is 134 cm³/mol. The minimum atomic E-state index is -2.94. The summed E-state index contributed by atoms with van der Waals surface area (Å²) in [5.74, 6) is 1.21. The Balaban J connectivity index is 1.09. The van der Waals surface area contributed by atoms with Crippen LogP contribution in [-0.4, -0.2) is 60.3 Å². The zero-order valence-electron chi connectivity index (χ0n) is 18.5. The number of rotatable bonds is 5. The lowest BCUT2D eigenvalue weighted by atomic mass is 9.90. The van der Waals surface area contributed by atoms with E-state index in [2.05, 4.69) is 34.6 Å². The van der Waals surface area contributed by atoms with Crippen LogP contribution in [-0.2, 0) is 27.5 Å². The Hall–Kier alpha value is -2.32. The first-order valence-corrected chi connectivity index (χ1v) is 14.3. The number of hydrogen-bond acceptors (Lipinski definition) is 6. The van der Waals surface area contributed by atoms with Crippen LogP contribution in [0.15, 0.2) is 59.6 Å². The quantitative estimate of drug-likeness (QED) is 0.705. The zero-order valence-corrected chi connectivity index (χ0v) is 20.2. The molecule has 2 aromatic carbocycles. The molecule has 8 heteroatoms. The molecule has 2 aromatic rings. The Morgan fingerprint density at radius 3 is 2.42 bits per heavy atom. The van der Waals surface area contributed by atoms with Crippen LogP contribution in [0.4, 0.5) is 5.69 Å². The molecule has 174 valence electrons. The average Bonchev–Trinajstić information content (AvgIpc) is 3.28. The number of amides is 1. The molecule has 3 heterocycles. The highest BCUT2D eigenvalue weighted by molar-refractivity contribution is 8.15. The number of fused-ring (bicyclic) bond motifs is 1. The molecule has 0 radical (unpaired) electrons. The maximum absolute atomic E-state index is 12.8. The van der Waals surface area contributed by atoms with Crippen molar-refractivity contribution in [3.8, 4) is 0 Å². The molecule has 33 heavy (non-hydrogen) atoms. The predicted octanol–water partition coefficient (Wildman–Crippen LogP) is 3.39. The Labute approximate surface area is 199 Å². The molecule has 3 aliphatic heterocycles. The van der Waals surface area contributed by atoms with Crippen molar-refractivity contribution < 1.29 is 13.2 Å². The number of sulfone groups is 1. The average molecular weight is 484 g/mol. The summed E-state index contributed by atoms with van der Waals surface area (Å²) in [5.41, 5.74) is 3.29. The van der Waals surface area contributed by atoms with Gasteiger partial charge in [-0.25, -0.2) is 8.42 Å². The summed E-state index contributed by atoms with van der Waals surface area (Å²) in [4.78, 5) is 19.3. The Morgan fingerprint density at radius 2 is 1.73 bits per heavy atom. The van der Waals surface area contributed by atoms with E-state index in [1.807, 2.05) is 35.2 Å². The molecule has 2 saturated heterocycles. The highest BCUT2D eigenvalue weighted by atomic mass is 32.2. The van der Waals surface area contributed by atoms with Crippen LogP contribution in [0.2, 0.25) is 0 Å². The summed E-state index contributed by atoms with van der Waals surface area (Å²) in [6.07, 6.45) is 3.64. The minimum absolute atomic E-state index is 0.0335. The molecule has 0 aliphatic carbocycles. The number of benzene rings is 2. The first-order valence-electron chi connectivity index (χ1n) is 11.6. The lowest BCUT2D eigenvalue weighted by Crippen LogP contribution is -2.39. The monoisotopic (exact) mass is 483 g/mol. The maximum atomic E-state index is 12.8. The number of carbonyl (C=O) groups excluding carboxylic acids is 1. The van der Waals surface area contributed by atoms with Crippen LogP contribution in [0.25, 0.3) is 0 Å². The van der Waals surface area contributed by atoms with Crippen molar-refractivity contribution in [2.24, 2.45) is 10.9 Å². The Bertz CT molecular complexity index is 1130. The van der Waals surface area contributed by atoms with E-state index < -0.39 is 9.84 Å². The van der Waals surface area contributed by atoms with Gasteiger partial charge in [-0.2, -0.15) is 0 Å². The third kappa shape index (κ3) is 5.61. The lowest BCUT2D eigenvalue weighted by Gasteiger charge is -2.32. The van der Waals surface area contributed by atoms with Gasteiger partial charge in [0, 0.05) is 24.0 Å². The van der Waals surface area contributed by atoms with E-state index in [4.69, 9.17) is 0 Å². The van der Waals surface area contributed by atoms with E-state index in [1.54, 1.807) is 0 Å². The fraction of sp³-hybridized carbons (Fsp3) is 0.440. The highest BCUT2D eigenvalue weighted by Crippen LogP contribution is 2.34. The SMILES string of the molecule is O=C(Cc1ccc(NC2=NC3CS(=O)(=O)CC3S2)cc1)N1CCC(Cc2ccccc2)CC1. The van der Waals surface area contributed by atoms with Crippen LogP contribution in [0.3, 0.4) is 0 Å². The molecule has 3 aliphatic rings. The second-order valence-electron chi connectivity index (χ2n) is 9.25. The van der Waals surface area contributed by atoms with Crippen LogP contribution < -0.4 is 5.32 Å². The minimum Gasteiger partial charge on any atom is -0.342 e. The highest BCUT2D eigenvalue weighted by Gasteiger charge is 2.42. The molecule has 1 N–H and O–H groups in total. The Kier molecular flexibility index (Phi) is 6.47. The number of aliphatic imine (C=N–C) groups is 1. The van der Waals surface area contributed by atoms with Crippen LogP contribution in [0, 0.1) is 5.92 Å². The Morgan fingerprint density at radius 1 is 1.00 bits per heavy atom. The second kappa shape index (κ2) is 9.50. The standard InChI is InChI=1S/C25H29N3O3S2/c29-24(28-12-10-20(11-13-28)14-18-4-2-1-3-5-18)15-19-6-8-21(9-7-19)26-25-27-22-16-33(30,31)17-23(22)32-25/h1-9,20,22-23H,10-17H2,(H,26,27). The smallest absolute Gasteiger partial charge is 0.226 e. The molecule has 0 spiro atoms. The normalized spacial score (nSPS) is 24.4.